The van der Waals surface area contributed by atoms with E-state index in [1.807, 2.05) is 6.92 Å². The predicted octanol–water partition coefficient (Wildman–Crippen LogP) is 0.981. The van der Waals surface area contributed by atoms with Gasteiger partial charge in [-0.2, -0.15) is 0 Å². The van der Waals surface area contributed by atoms with E-state index in [9.17, 15) is 4.79 Å². The van der Waals surface area contributed by atoms with Crippen LogP contribution in [0.25, 0.3) is 0 Å². The van der Waals surface area contributed by atoms with Crippen molar-refractivity contribution in [1.29, 1.82) is 0 Å². The molecule has 1 atom stereocenters. The summed E-state index contributed by atoms with van der Waals surface area (Å²) in [5.74, 6) is -0.152. The molecule has 0 aromatic rings. The Morgan fingerprint density at radius 1 is 1.47 bits per heavy atom. The molecule has 5 heteroatoms. The molecular weight excluding hydrogens is 244 g/mol. The van der Waals surface area contributed by atoms with Crippen molar-refractivity contribution < 1.29 is 14.3 Å². The van der Waals surface area contributed by atoms with E-state index in [2.05, 4.69) is 30.6 Å². The Balaban J connectivity index is 2.40. The van der Waals surface area contributed by atoms with Crippen LogP contribution in [0.5, 0.6) is 0 Å². The van der Waals surface area contributed by atoms with Crippen molar-refractivity contribution in [2.24, 2.45) is 0 Å². The van der Waals surface area contributed by atoms with Gasteiger partial charge >= 0.3 is 5.97 Å². The van der Waals surface area contributed by atoms with Crippen LogP contribution in [-0.4, -0.2) is 73.9 Å². The molecular formula is C14H28N2O3. The number of carbonyl (C=O) groups is 1. The lowest BCUT2D eigenvalue weighted by Gasteiger charge is -2.37. The highest BCUT2D eigenvalue weighted by molar-refractivity contribution is 5.71. The summed E-state index contributed by atoms with van der Waals surface area (Å²) in [6.07, 6.45) is 0.186. The first kappa shape index (κ1) is 16.4. The second kappa shape index (κ2) is 8.51. The van der Waals surface area contributed by atoms with E-state index in [0.717, 1.165) is 32.8 Å². The molecule has 0 aromatic carbocycles. The summed E-state index contributed by atoms with van der Waals surface area (Å²) in [5, 5.41) is 0. The van der Waals surface area contributed by atoms with Crippen molar-refractivity contribution >= 4 is 5.97 Å². The number of esters is 1. The number of nitrogens with zero attached hydrogens (tertiary/aromatic N) is 2. The van der Waals surface area contributed by atoms with Gasteiger partial charge in [-0.1, -0.05) is 6.92 Å². The number of rotatable bonds is 7. The number of hydrogen-bond acceptors (Lipinski definition) is 5. The van der Waals surface area contributed by atoms with Crippen molar-refractivity contribution in [3.05, 3.63) is 0 Å². The average molecular weight is 272 g/mol. The highest BCUT2D eigenvalue weighted by atomic mass is 16.5. The fourth-order valence-electron chi connectivity index (χ4n) is 2.30. The lowest BCUT2D eigenvalue weighted by molar-refractivity contribution is -0.145. The van der Waals surface area contributed by atoms with Crippen molar-refractivity contribution in [3.63, 3.8) is 0 Å². The van der Waals surface area contributed by atoms with Crippen molar-refractivity contribution in [2.45, 2.75) is 39.8 Å². The number of carbonyl (C=O) groups excluding carboxylic acids is 1. The number of likely N-dealkylation sites (N-methyl/N-ethyl adjacent to an activating group) is 1. The predicted molar refractivity (Wildman–Crippen MR) is 75.2 cm³/mol. The minimum Gasteiger partial charge on any atom is -0.465 e. The van der Waals surface area contributed by atoms with Crippen LogP contribution < -0.4 is 0 Å². The number of ether oxygens (including phenoxy) is 2. The summed E-state index contributed by atoms with van der Waals surface area (Å²) in [6.45, 7) is 13.4. The Hall–Kier alpha value is -0.650. The van der Waals surface area contributed by atoms with Gasteiger partial charge in [0.25, 0.3) is 0 Å². The Morgan fingerprint density at radius 2 is 2.21 bits per heavy atom. The zero-order valence-corrected chi connectivity index (χ0v) is 12.7. The molecule has 0 aromatic heterocycles. The zero-order chi connectivity index (χ0) is 14.3. The first-order chi connectivity index (χ1) is 9.06. The van der Waals surface area contributed by atoms with Gasteiger partial charge in [0, 0.05) is 25.7 Å². The van der Waals surface area contributed by atoms with Gasteiger partial charge in [0.1, 0.15) is 0 Å². The first-order valence-electron chi connectivity index (χ1n) is 7.30. The molecule has 1 saturated heterocycles. The Morgan fingerprint density at radius 3 is 2.79 bits per heavy atom. The van der Waals surface area contributed by atoms with Gasteiger partial charge in [-0.3, -0.25) is 14.6 Å². The Kier molecular flexibility index (Phi) is 7.34. The van der Waals surface area contributed by atoms with E-state index in [4.69, 9.17) is 9.47 Å². The van der Waals surface area contributed by atoms with Gasteiger partial charge in [-0.05, 0) is 27.3 Å². The van der Waals surface area contributed by atoms with Crippen molar-refractivity contribution in [3.8, 4) is 0 Å². The van der Waals surface area contributed by atoms with Gasteiger partial charge in [0.05, 0.1) is 25.9 Å². The highest BCUT2D eigenvalue weighted by Gasteiger charge is 2.24. The standard InChI is InChI=1S/C14H28N2O3/c1-5-15(11-14(17)18-6-2)9-13-10-16(12(3)4)7-8-19-13/h12-13H,5-11H2,1-4H3. The fourth-order valence-corrected chi connectivity index (χ4v) is 2.30. The van der Waals surface area contributed by atoms with Crippen LogP contribution in [0.15, 0.2) is 0 Å². The molecule has 0 saturated carbocycles. The summed E-state index contributed by atoms with van der Waals surface area (Å²) in [7, 11) is 0. The van der Waals surface area contributed by atoms with E-state index in [1.54, 1.807) is 0 Å². The molecule has 1 fully saturated rings. The normalized spacial score (nSPS) is 21.1. The van der Waals surface area contributed by atoms with E-state index in [-0.39, 0.29) is 12.1 Å². The smallest absolute Gasteiger partial charge is 0.320 e. The molecule has 19 heavy (non-hydrogen) atoms. The molecule has 0 bridgehead atoms. The quantitative estimate of drug-likeness (QED) is 0.646. The maximum atomic E-state index is 11.5. The van der Waals surface area contributed by atoms with Gasteiger partial charge in [0.15, 0.2) is 0 Å². The lowest BCUT2D eigenvalue weighted by Crippen LogP contribution is -2.50. The lowest BCUT2D eigenvalue weighted by atomic mass is 10.2. The van der Waals surface area contributed by atoms with Crippen LogP contribution in [0.3, 0.4) is 0 Å². The van der Waals surface area contributed by atoms with E-state index < -0.39 is 0 Å². The molecule has 0 radical (unpaired) electrons. The SMILES string of the molecule is CCOC(=O)CN(CC)CC1CN(C(C)C)CCO1. The summed E-state index contributed by atoms with van der Waals surface area (Å²) in [4.78, 5) is 16.0. The topological polar surface area (TPSA) is 42.0 Å². The summed E-state index contributed by atoms with van der Waals surface area (Å²) >= 11 is 0. The van der Waals surface area contributed by atoms with E-state index in [1.165, 1.54) is 0 Å². The second-order valence-electron chi connectivity index (χ2n) is 5.21. The molecule has 1 aliphatic heterocycles. The van der Waals surface area contributed by atoms with Crippen molar-refractivity contribution in [1.82, 2.24) is 9.80 Å². The molecule has 5 nitrogen and oxygen atoms in total. The van der Waals surface area contributed by atoms with Crippen LogP contribution in [0.4, 0.5) is 0 Å². The van der Waals surface area contributed by atoms with Crippen LogP contribution in [0.1, 0.15) is 27.7 Å². The summed E-state index contributed by atoms with van der Waals surface area (Å²) < 4.78 is 10.8. The van der Waals surface area contributed by atoms with Crippen LogP contribution in [-0.2, 0) is 14.3 Å². The third kappa shape index (κ3) is 5.89. The molecule has 0 aliphatic carbocycles. The third-order valence-corrected chi connectivity index (χ3v) is 3.47. The zero-order valence-electron chi connectivity index (χ0n) is 12.7. The Bertz CT molecular complexity index is 271. The maximum Gasteiger partial charge on any atom is 0.320 e. The van der Waals surface area contributed by atoms with Crippen LogP contribution in [0, 0.1) is 0 Å². The first-order valence-corrected chi connectivity index (χ1v) is 7.30. The number of hydrogen-bond donors (Lipinski definition) is 0. The molecule has 1 heterocycles. The highest BCUT2D eigenvalue weighted by Crippen LogP contribution is 2.10. The maximum absolute atomic E-state index is 11.5. The largest absolute Gasteiger partial charge is 0.465 e. The summed E-state index contributed by atoms with van der Waals surface area (Å²) in [5.41, 5.74) is 0. The Labute approximate surface area is 116 Å². The molecule has 0 N–H and O–H groups in total. The van der Waals surface area contributed by atoms with Gasteiger partial charge in [0.2, 0.25) is 0 Å². The van der Waals surface area contributed by atoms with E-state index >= 15 is 0 Å². The van der Waals surface area contributed by atoms with Gasteiger partial charge in [-0.15, -0.1) is 0 Å². The second-order valence-corrected chi connectivity index (χ2v) is 5.21. The van der Waals surface area contributed by atoms with Gasteiger partial charge < -0.3 is 9.47 Å². The monoisotopic (exact) mass is 272 g/mol. The minimum atomic E-state index is -0.152. The van der Waals surface area contributed by atoms with Crippen molar-refractivity contribution in [2.75, 3.05) is 45.9 Å². The molecule has 0 amide bonds. The van der Waals surface area contributed by atoms with Crippen LogP contribution >= 0.6 is 0 Å². The summed E-state index contributed by atoms with van der Waals surface area (Å²) in [6, 6.07) is 0.548. The minimum absolute atomic E-state index is 0.152. The number of morpholine rings is 1. The molecule has 1 unspecified atom stereocenters. The molecule has 112 valence electrons. The fraction of sp³-hybridized carbons (Fsp3) is 0.929. The molecule has 1 rings (SSSR count). The van der Waals surface area contributed by atoms with E-state index in [0.29, 0.717) is 19.2 Å². The van der Waals surface area contributed by atoms with Crippen LogP contribution in [0.2, 0.25) is 0 Å². The van der Waals surface area contributed by atoms with Gasteiger partial charge in [-0.25, -0.2) is 0 Å². The average Bonchev–Trinajstić information content (AvgIpc) is 2.38. The molecule has 0 spiro atoms. The third-order valence-electron chi connectivity index (χ3n) is 3.47. The molecule has 1 aliphatic rings.